The van der Waals surface area contributed by atoms with Gasteiger partial charge in [0, 0.05) is 23.7 Å². The summed E-state index contributed by atoms with van der Waals surface area (Å²) in [5.74, 6) is -5.14. The lowest BCUT2D eigenvalue weighted by molar-refractivity contribution is -0.376. The van der Waals surface area contributed by atoms with Crippen LogP contribution >= 0.6 is 0 Å². The molecule has 0 fully saturated rings. The molecule has 68 heavy (non-hydrogen) atoms. The van der Waals surface area contributed by atoms with Crippen LogP contribution < -0.4 is 4.90 Å². The number of alkyl halides is 9. The van der Waals surface area contributed by atoms with Gasteiger partial charge in [0.05, 0.1) is 33.4 Å². The first-order valence-corrected chi connectivity index (χ1v) is 20.3. The number of imide groups is 2. The lowest BCUT2D eigenvalue weighted by atomic mass is 9.66. The van der Waals surface area contributed by atoms with Crippen molar-refractivity contribution >= 4 is 35.1 Å². The highest BCUT2D eigenvalue weighted by Gasteiger charge is 2.73. The number of carbonyl (C=O) groups excluding carboxylic acids is 5. The summed E-state index contributed by atoms with van der Waals surface area (Å²) in [7, 11) is 1.22. The van der Waals surface area contributed by atoms with Gasteiger partial charge in [-0.2, -0.15) is 39.5 Å². The molecule has 1 aliphatic carbocycles. The first-order chi connectivity index (χ1) is 31.7. The highest BCUT2D eigenvalue weighted by molar-refractivity contribution is 6.35. The van der Waals surface area contributed by atoms with Crippen LogP contribution in [0.15, 0.2) is 121 Å². The number of aliphatic hydroxyl groups is 2. The van der Waals surface area contributed by atoms with E-state index in [4.69, 9.17) is 0 Å². The molecule has 0 spiro atoms. The number of nitrogens with zero attached hydrogens (tertiary/aromatic N) is 2. The Bertz CT molecular complexity index is 3180. The topological polar surface area (TPSA) is 132 Å². The molecule has 9 nitrogen and oxygen atoms in total. The second-order valence-corrected chi connectivity index (χ2v) is 16.8. The van der Waals surface area contributed by atoms with Crippen molar-refractivity contribution in [2.75, 3.05) is 11.9 Å². The molecular formula is C50H31F9N2O7. The maximum absolute atomic E-state index is 15.2. The van der Waals surface area contributed by atoms with Crippen molar-refractivity contribution in [2.45, 2.75) is 49.0 Å². The maximum Gasteiger partial charge on any atom is 0.430 e. The summed E-state index contributed by atoms with van der Waals surface area (Å²) in [4.78, 5) is 68.0. The highest BCUT2D eigenvalue weighted by Crippen LogP contribution is 2.59. The lowest BCUT2D eigenvalue weighted by Gasteiger charge is -2.39. The van der Waals surface area contributed by atoms with Gasteiger partial charge in [0.1, 0.15) is 0 Å². The Kier molecular flexibility index (Phi) is 9.93. The van der Waals surface area contributed by atoms with Gasteiger partial charge in [0.15, 0.2) is 11.4 Å². The number of hydrogen-bond donors (Lipinski definition) is 2. The number of rotatable bonds is 7. The van der Waals surface area contributed by atoms with E-state index < -0.39 is 98.1 Å². The number of carbonyl (C=O) groups is 5. The third-order valence-electron chi connectivity index (χ3n) is 13.1. The van der Waals surface area contributed by atoms with Crippen LogP contribution in [-0.2, 0) is 16.6 Å². The molecule has 2 heterocycles. The lowest BCUT2D eigenvalue weighted by Crippen LogP contribution is -2.55. The zero-order chi connectivity index (χ0) is 49.4. The Hall–Kier alpha value is -7.44. The summed E-state index contributed by atoms with van der Waals surface area (Å²) in [6, 6.07) is 24.0. The second-order valence-electron chi connectivity index (χ2n) is 16.8. The summed E-state index contributed by atoms with van der Waals surface area (Å²) >= 11 is 0. The number of ketones is 1. The van der Waals surface area contributed by atoms with Crippen LogP contribution in [-0.4, -0.2) is 70.1 Å². The molecule has 1 unspecified atom stereocenters. The Balaban J connectivity index is 1.27. The summed E-state index contributed by atoms with van der Waals surface area (Å²) in [5.41, 5.74) is -17.0. The molecule has 3 aliphatic rings. The van der Waals surface area contributed by atoms with Crippen molar-refractivity contribution < 1.29 is 73.7 Å². The summed E-state index contributed by atoms with van der Waals surface area (Å²) in [6.45, 7) is 1.75. The average molecular weight is 943 g/mol. The molecule has 0 aromatic heterocycles. The van der Waals surface area contributed by atoms with Crippen molar-refractivity contribution in [1.29, 1.82) is 0 Å². The Morgan fingerprint density at radius 3 is 1.47 bits per heavy atom. The van der Waals surface area contributed by atoms with Crippen LogP contribution in [0.25, 0.3) is 11.1 Å². The van der Waals surface area contributed by atoms with Gasteiger partial charge in [-0.25, -0.2) is 4.90 Å². The van der Waals surface area contributed by atoms with E-state index in [2.05, 4.69) is 0 Å². The van der Waals surface area contributed by atoms with Gasteiger partial charge in [-0.3, -0.25) is 28.9 Å². The summed E-state index contributed by atoms with van der Waals surface area (Å²) in [5, 5.41) is 22.3. The van der Waals surface area contributed by atoms with Crippen LogP contribution in [0.4, 0.5) is 45.2 Å². The van der Waals surface area contributed by atoms with E-state index in [-0.39, 0.29) is 49.4 Å². The Labute approximate surface area is 378 Å². The predicted octanol–water partition coefficient (Wildman–Crippen LogP) is 9.70. The van der Waals surface area contributed by atoms with Crippen molar-refractivity contribution in [2.24, 2.45) is 0 Å². The molecule has 0 saturated heterocycles. The molecule has 6 aromatic carbocycles. The number of halogens is 9. The minimum atomic E-state index is -6.62. The Morgan fingerprint density at radius 1 is 0.515 bits per heavy atom. The average Bonchev–Trinajstić information content (AvgIpc) is 3.81. The van der Waals surface area contributed by atoms with Gasteiger partial charge in [0.25, 0.3) is 29.2 Å². The molecule has 2 N–H and O–H groups in total. The zero-order valence-electron chi connectivity index (χ0n) is 35.3. The molecular weight excluding hydrogens is 912 g/mol. The minimum absolute atomic E-state index is 0.00408. The fourth-order valence-corrected chi connectivity index (χ4v) is 9.55. The van der Waals surface area contributed by atoms with Gasteiger partial charge in [-0.1, -0.05) is 84.9 Å². The molecule has 18 heteroatoms. The smallest absolute Gasteiger partial charge is 0.376 e. The second kappa shape index (κ2) is 14.8. The number of aryl methyl sites for hydroxylation is 1. The van der Waals surface area contributed by atoms with E-state index in [1.165, 1.54) is 62.5 Å². The van der Waals surface area contributed by atoms with Crippen molar-refractivity contribution in [3.8, 4) is 11.1 Å². The number of fused-ring (bicyclic) bond motifs is 5. The first-order valence-electron chi connectivity index (χ1n) is 20.3. The molecule has 0 saturated carbocycles. The van der Waals surface area contributed by atoms with Crippen molar-refractivity contribution in [3.05, 3.63) is 194 Å². The minimum Gasteiger partial charge on any atom is -0.376 e. The molecule has 0 bridgehead atoms. The quantitative estimate of drug-likeness (QED) is 0.0925. The molecule has 4 amide bonds. The molecule has 2 aliphatic heterocycles. The predicted molar refractivity (Wildman–Crippen MR) is 224 cm³/mol. The van der Waals surface area contributed by atoms with E-state index in [1.807, 2.05) is 0 Å². The van der Waals surface area contributed by atoms with Gasteiger partial charge in [-0.05, 0) is 94.8 Å². The zero-order valence-corrected chi connectivity index (χ0v) is 35.3. The normalized spacial score (nSPS) is 16.4. The standard InChI is InChI=1S/C50H31F9N2O7/c1-24-12-15-27(22-37(24)45(2,67)48(51,52)53)46(35-10-6-4-8-29(35)30-9-5-7-11-36(30)46)28-16-19-39(38(23-28)47(68,49(54,55)56)50(57,58)59)61-43(65)32-18-14-26(21-34(32)44(61)66)40(62)25-13-17-31-33(20-25)42(64)60(3)41(31)63/h4-23,67-68H,1-3H3. The van der Waals surface area contributed by atoms with Gasteiger partial charge in [-0.15, -0.1) is 0 Å². The van der Waals surface area contributed by atoms with E-state index in [0.29, 0.717) is 30.2 Å². The molecule has 346 valence electrons. The molecule has 6 aromatic rings. The molecule has 0 radical (unpaired) electrons. The van der Waals surface area contributed by atoms with Crippen LogP contribution in [0.5, 0.6) is 0 Å². The number of benzene rings is 6. The van der Waals surface area contributed by atoms with Crippen LogP contribution in [0.1, 0.15) is 103 Å². The summed E-state index contributed by atoms with van der Waals surface area (Å²) < 4.78 is 135. The van der Waals surface area contributed by atoms with Crippen LogP contribution in [0, 0.1) is 6.92 Å². The summed E-state index contributed by atoms with van der Waals surface area (Å²) in [6.07, 6.45) is -18.5. The van der Waals surface area contributed by atoms with Crippen molar-refractivity contribution in [1.82, 2.24) is 4.90 Å². The van der Waals surface area contributed by atoms with Gasteiger partial charge in [0.2, 0.25) is 0 Å². The number of amides is 4. The van der Waals surface area contributed by atoms with E-state index in [1.54, 1.807) is 24.3 Å². The van der Waals surface area contributed by atoms with E-state index in [0.717, 1.165) is 41.3 Å². The molecule has 9 rings (SSSR count). The van der Waals surface area contributed by atoms with E-state index >= 15 is 26.3 Å². The van der Waals surface area contributed by atoms with E-state index in [9.17, 15) is 47.4 Å². The van der Waals surface area contributed by atoms with Crippen LogP contribution in [0.3, 0.4) is 0 Å². The SMILES string of the molecule is Cc1ccc(C2(c3ccc(N4C(=O)c5ccc(C(=O)c6ccc7c(c6)C(=O)N(C)C7=O)cc5C4=O)c(C(O)(C(F)(F)F)C(F)(F)F)c3)c3ccccc3-c3ccccc32)cc1C(C)(O)C(F)(F)F. The third-order valence-corrected chi connectivity index (χ3v) is 13.1. The first kappa shape index (κ1) is 45.7. The van der Waals surface area contributed by atoms with Gasteiger partial charge < -0.3 is 10.2 Å². The van der Waals surface area contributed by atoms with Crippen molar-refractivity contribution in [3.63, 3.8) is 0 Å². The number of hydrogen-bond acceptors (Lipinski definition) is 7. The van der Waals surface area contributed by atoms with Gasteiger partial charge >= 0.3 is 18.5 Å². The maximum atomic E-state index is 15.2. The largest absolute Gasteiger partial charge is 0.430 e. The fraction of sp³-hybridized carbons (Fsp3) is 0.180. The molecule has 1 atom stereocenters. The van der Waals surface area contributed by atoms with Crippen LogP contribution in [0.2, 0.25) is 0 Å². The third kappa shape index (κ3) is 6.15. The monoisotopic (exact) mass is 942 g/mol. The Morgan fingerprint density at radius 2 is 0.956 bits per heavy atom. The number of anilines is 1. The highest BCUT2D eigenvalue weighted by atomic mass is 19.4. The fourth-order valence-electron chi connectivity index (χ4n) is 9.55.